The third-order valence-corrected chi connectivity index (χ3v) is 4.34. The molecule has 2 heterocycles. The summed E-state index contributed by atoms with van der Waals surface area (Å²) in [5.41, 5.74) is 3.25. The van der Waals surface area contributed by atoms with Crippen LogP contribution in [0.1, 0.15) is 15.9 Å². The largest absolute Gasteiger partial charge is 0.497 e. The molecule has 3 rings (SSSR count). The molecule has 2 aromatic heterocycles. The molecule has 5 nitrogen and oxygen atoms in total. The Morgan fingerprint density at radius 2 is 2.08 bits per heavy atom. The molecule has 25 heavy (non-hydrogen) atoms. The molecule has 3 aromatic rings. The molecule has 0 saturated heterocycles. The monoisotopic (exact) mass is 397 g/mol. The van der Waals surface area contributed by atoms with Gasteiger partial charge in [-0.3, -0.25) is 14.8 Å². The number of rotatable bonds is 5. The molecule has 6 heteroatoms. The lowest BCUT2D eigenvalue weighted by Gasteiger charge is -2.09. The SMILES string of the molecule is COc1ccc(Br)c(C(=O)NCc2ccnc(-c3cccnc3)c2)c1. The third-order valence-electron chi connectivity index (χ3n) is 3.65. The zero-order valence-electron chi connectivity index (χ0n) is 13.6. The fourth-order valence-electron chi connectivity index (χ4n) is 2.34. The molecule has 0 atom stereocenters. The van der Waals surface area contributed by atoms with E-state index in [1.807, 2.05) is 24.3 Å². The van der Waals surface area contributed by atoms with Crippen LogP contribution < -0.4 is 10.1 Å². The average Bonchev–Trinajstić information content (AvgIpc) is 2.67. The standard InChI is InChI=1S/C19H16BrN3O2/c1-25-15-4-5-17(20)16(10-15)19(24)23-11-13-6-8-22-18(9-13)14-3-2-7-21-12-14/h2-10,12H,11H2,1H3,(H,23,24). The first-order valence-electron chi connectivity index (χ1n) is 7.64. The Morgan fingerprint density at radius 3 is 2.84 bits per heavy atom. The van der Waals surface area contributed by atoms with Crippen molar-refractivity contribution >= 4 is 21.8 Å². The Morgan fingerprint density at radius 1 is 1.20 bits per heavy atom. The number of benzene rings is 1. The summed E-state index contributed by atoms with van der Waals surface area (Å²) >= 11 is 3.40. The fourth-order valence-corrected chi connectivity index (χ4v) is 2.77. The number of amides is 1. The van der Waals surface area contributed by atoms with Crippen LogP contribution in [0.4, 0.5) is 0 Å². The zero-order chi connectivity index (χ0) is 17.6. The minimum absolute atomic E-state index is 0.175. The molecule has 0 aliphatic carbocycles. The minimum Gasteiger partial charge on any atom is -0.497 e. The molecule has 0 saturated carbocycles. The Labute approximate surface area is 154 Å². The molecular weight excluding hydrogens is 382 g/mol. The highest BCUT2D eigenvalue weighted by Gasteiger charge is 2.11. The van der Waals surface area contributed by atoms with Crippen LogP contribution in [0.3, 0.4) is 0 Å². The molecular formula is C19H16BrN3O2. The summed E-state index contributed by atoms with van der Waals surface area (Å²) in [6.45, 7) is 0.401. The number of nitrogens with one attached hydrogen (secondary N) is 1. The van der Waals surface area contributed by atoms with Crippen molar-refractivity contribution in [3.8, 4) is 17.0 Å². The molecule has 126 valence electrons. The number of hydrogen-bond donors (Lipinski definition) is 1. The number of ether oxygens (including phenoxy) is 1. The second kappa shape index (κ2) is 7.90. The number of methoxy groups -OCH3 is 1. The van der Waals surface area contributed by atoms with Gasteiger partial charge in [0.25, 0.3) is 5.91 Å². The van der Waals surface area contributed by atoms with Crippen LogP contribution in [-0.2, 0) is 6.54 Å². The Hall–Kier alpha value is -2.73. The van der Waals surface area contributed by atoms with Gasteiger partial charge in [0.2, 0.25) is 0 Å². The third kappa shape index (κ3) is 4.22. The van der Waals surface area contributed by atoms with E-state index in [9.17, 15) is 4.79 Å². The molecule has 0 bridgehead atoms. The highest BCUT2D eigenvalue weighted by atomic mass is 79.9. The van der Waals surface area contributed by atoms with Gasteiger partial charge in [0.15, 0.2) is 0 Å². The molecule has 1 amide bonds. The molecule has 0 unspecified atom stereocenters. The van der Waals surface area contributed by atoms with E-state index in [4.69, 9.17) is 4.74 Å². The Bertz CT molecular complexity index is 885. The molecule has 0 aliphatic rings. The summed E-state index contributed by atoms with van der Waals surface area (Å²) < 4.78 is 5.89. The number of nitrogens with zero attached hydrogens (tertiary/aromatic N) is 2. The maximum absolute atomic E-state index is 12.4. The van der Waals surface area contributed by atoms with Crippen LogP contribution in [0, 0.1) is 0 Å². The van der Waals surface area contributed by atoms with Crippen molar-refractivity contribution in [1.82, 2.24) is 15.3 Å². The van der Waals surface area contributed by atoms with Gasteiger partial charge in [0.05, 0.1) is 18.4 Å². The highest BCUT2D eigenvalue weighted by Crippen LogP contribution is 2.22. The molecule has 0 radical (unpaired) electrons. The summed E-state index contributed by atoms with van der Waals surface area (Å²) in [7, 11) is 1.57. The first-order chi connectivity index (χ1) is 12.2. The number of halogens is 1. The second-order valence-corrected chi connectivity index (χ2v) is 6.17. The fraction of sp³-hybridized carbons (Fsp3) is 0.105. The number of carbonyl (C=O) groups is 1. The molecule has 0 fully saturated rings. The van der Waals surface area contributed by atoms with Crippen LogP contribution in [0.25, 0.3) is 11.3 Å². The van der Waals surface area contributed by atoms with Crippen LogP contribution >= 0.6 is 15.9 Å². The van der Waals surface area contributed by atoms with Gasteiger partial charge in [-0.15, -0.1) is 0 Å². The van der Waals surface area contributed by atoms with Crippen LogP contribution in [0.5, 0.6) is 5.75 Å². The highest BCUT2D eigenvalue weighted by molar-refractivity contribution is 9.10. The van der Waals surface area contributed by atoms with Gasteiger partial charge in [-0.1, -0.05) is 0 Å². The van der Waals surface area contributed by atoms with Gasteiger partial charge >= 0.3 is 0 Å². The van der Waals surface area contributed by atoms with E-state index >= 15 is 0 Å². The summed E-state index contributed by atoms with van der Waals surface area (Å²) in [6.07, 6.45) is 5.21. The van der Waals surface area contributed by atoms with Crippen LogP contribution in [0.2, 0.25) is 0 Å². The smallest absolute Gasteiger partial charge is 0.252 e. The van der Waals surface area contributed by atoms with E-state index in [2.05, 4.69) is 31.2 Å². The van der Waals surface area contributed by atoms with Crippen molar-refractivity contribution in [3.05, 3.63) is 76.7 Å². The van der Waals surface area contributed by atoms with Crippen molar-refractivity contribution in [2.45, 2.75) is 6.54 Å². The minimum atomic E-state index is -0.175. The number of carbonyl (C=O) groups excluding carboxylic acids is 1. The predicted octanol–water partition coefficient (Wildman–Crippen LogP) is 3.84. The molecule has 0 aliphatic heterocycles. The van der Waals surface area contributed by atoms with Gasteiger partial charge in [0.1, 0.15) is 5.75 Å². The Balaban J connectivity index is 1.73. The molecule has 1 N–H and O–H groups in total. The van der Waals surface area contributed by atoms with Crippen molar-refractivity contribution in [2.75, 3.05) is 7.11 Å². The van der Waals surface area contributed by atoms with E-state index < -0.39 is 0 Å². The first-order valence-corrected chi connectivity index (χ1v) is 8.44. The normalized spacial score (nSPS) is 10.3. The van der Waals surface area contributed by atoms with Crippen molar-refractivity contribution in [3.63, 3.8) is 0 Å². The number of aromatic nitrogens is 2. The lowest BCUT2D eigenvalue weighted by atomic mass is 10.1. The predicted molar refractivity (Wildman–Crippen MR) is 99.3 cm³/mol. The van der Waals surface area contributed by atoms with Crippen molar-refractivity contribution in [1.29, 1.82) is 0 Å². The lowest BCUT2D eigenvalue weighted by molar-refractivity contribution is 0.0950. The van der Waals surface area contributed by atoms with Gasteiger partial charge in [0, 0.05) is 35.2 Å². The quantitative estimate of drug-likeness (QED) is 0.709. The molecule has 1 aromatic carbocycles. The summed E-state index contributed by atoms with van der Waals surface area (Å²) in [6, 6.07) is 12.9. The van der Waals surface area contributed by atoms with E-state index in [1.165, 1.54) is 0 Å². The van der Waals surface area contributed by atoms with E-state index in [0.29, 0.717) is 17.9 Å². The van der Waals surface area contributed by atoms with Gasteiger partial charge < -0.3 is 10.1 Å². The van der Waals surface area contributed by atoms with Crippen LogP contribution in [-0.4, -0.2) is 23.0 Å². The first kappa shape index (κ1) is 17.1. The maximum atomic E-state index is 12.4. The van der Waals surface area contributed by atoms with Crippen LogP contribution in [0.15, 0.2) is 65.5 Å². The van der Waals surface area contributed by atoms with Crippen molar-refractivity contribution < 1.29 is 9.53 Å². The maximum Gasteiger partial charge on any atom is 0.252 e. The lowest BCUT2D eigenvalue weighted by Crippen LogP contribution is -2.23. The Kier molecular flexibility index (Phi) is 5.40. The van der Waals surface area contributed by atoms with Gasteiger partial charge in [-0.2, -0.15) is 0 Å². The topological polar surface area (TPSA) is 64.1 Å². The second-order valence-electron chi connectivity index (χ2n) is 5.32. The summed E-state index contributed by atoms with van der Waals surface area (Å²) in [5.74, 6) is 0.460. The van der Waals surface area contributed by atoms with E-state index in [-0.39, 0.29) is 5.91 Å². The van der Waals surface area contributed by atoms with Gasteiger partial charge in [-0.25, -0.2) is 0 Å². The van der Waals surface area contributed by atoms with Crippen molar-refractivity contribution in [2.24, 2.45) is 0 Å². The molecule has 0 spiro atoms. The summed E-state index contributed by atoms with van der Waals surface area (Å²) in [5, 5.41) is 2.92. The number of hydrogen-bond acceptors (Lipinski definition) is 4. The number of pyridine rings is 2. The summed E-state index contributed by atoms with van der Waals surface area (Å²) in [4.78, 5) is 20.9. The average molecular weight is 398 g/mol. The van der Waals surface area contributed by atoms with Gasteiger partial charge in [-0.05, 0) is 64.0 Å². The zero-order valence-corrected chi connectivity index (χ0v) is 15.2. The van der Waals surface area contributed by atoms with E-state index in [1.54, 1.807) is 43.9 Å². The van der Waals surface area contributed by atoms with E-state index in [0.717, 1.165) is 21.3 Å².